The van der Waals surface area contributed by atoms with Gasteiger partial charge in [0.05, 0.1) is 0 Å². The van der Waals surface area contributed by atoms with E-state index in [0.717, 1.165) is 12.8 Å². The molecule has 3 rings (SSSR count). The molecule has 0 radical (unpaired) electrons. The van der Waals surface area contributed by atoms with Crippen LogP contribution in [0.25, 0.3) is 0 Å². The molecule has 0 spiro atoms. The standard InChI is InChI=1S/C20H19ClN4O4S/c21-14-5-9-16(10-6-14)29-11-17(26)23-20(30)25-24-19(28)13-3-7-15(8-4-13)22-18(27)12-1-2-12/h3-10,12H,1-2,11H2,(H,22,27)(H,24,28)(H2,23,25,26,30). The Labute approximate surface area is 183 Å². The largest absolute Gasteiger partial charge is 0.484 e. The minimum Gasteiger partial charge on any atom is -0.484 e. The summed E-state index contributed by atoms with van der Waals surface area (Å²) in [6.45, 7) is -0.258. The van der Waals surface area contributed by atoms with Crippen molar-refractivity contribution in [3.05, 3.63) is 59.1 Å². The zero-order chi connectivity index (χ0) is 21.5. The molecule has 156 valence electrons. The van der Waals surface area contributed by atoms with Crippen LogP contribution in [0.5, 0.6) is 5.75 Å². The van der Waals surface area contributed by atoms with Gasteiger partial charge in [-0.05, 0) is 73.6 Å². The van der Waals surface area contributed by atoms with Gasteiger partial charge in [0.2, 0.25) is 5.91 Å². The van der Waals surface area contributed by atoms with E-state index in [1.165, 1.54) is 0 Å². The van der Waals surface area contributed by atoms with E-state index in [1.54, 1.807) is 48.5 Å². The van der Waals surface area contributed by atoms with Crippen molar-refractivity contribution in [3.8, 4) is 5.75 Å². The number of rotatable bonds is 6. The summed E-state index contributed by atoms with van der Waals surface area (Å²) in [6, 6.07) is 13.0. The Morgan fingerprint density at radius 3 is 2.30 bits per heavy atom. The highest BCUT2D eigenvalue weighted by Gasteiger charge is 2.29. The summed E-state index contributed by atoms with van der Waals surface area (Å²) >= 11 is 10.7. The van der Waals surface area contributed by atoms with Crippen LogP contribution < -0.4 is 26.2 Å². The molecule has 0 heterocycles. The fraction of sp³-hybridized carbons (Fsp3) is 0.200. The maximum absolute atomic E-state index is 12.2. The summed E-state index contributed by atoms with van der Waals surface area (Å²) < 4.78 is 5.30. The zero-order valence-corrected chi connectivity index (χ0v) is 17.3. The van der Waals surface area contributed by atoms with Gasteiger partial charge in [-0.1, -0.05) is 11.6 Å². The van der Waals surface area contributed by atoms with Gasteiger partial charge in [-0.15, -0.1) is 0 Å². The Morgan fingerprint density at radius 2 is 1.67 bits per heavy atom. The van der Waals surface area contributed by atoms with E-state index >= 15 is 0 Å². The smallest absolute Gasteiger partial charge is 0.269 e. The summed E-state index contributed by atoms with van der Waals surface area (Å²) in [4.78, 5) is 35.7. The SMILES string of the molecule is O=C(COc1ccc(Cl)cc1)NC(=S)NNC(=O)c1ccc(NC(=O)C2CC2)cc1. The minimum atomic E-state index is -0.493. The third-order valence-electron chi connectivity index (χ3n) is 4.09. The summed E-state index contributed by atoms with van der Waals surface area (Å²) in [5, 5.41) is 5.66. The molecule has 1 aliphatic rings. The van der Waals surface area contributed by atoms with E-state index in [0.29, 0.717) is 22.0 Å². The zero-order valence-electron chi connectivity index (χ0n) is 15.7. The van der Waals surface area contributed by atoms with Gasteiger partial charge in [0, 0.05) is 22.2 Å². The van der Waals surface area contributed by atoms with Crippen LogP contribution in [0, 0.1) is 5.92 Å². The number of halogens is 1. The number of benzene rings is 2. The van der Waals surface area contributed by atoms with Gasteiger partial charge >= 0.3 is 0 Å². The van der Waals surface area contributed by atoms with Crippen LogP contribution in [0.2, 0.25) is 5.02 Å². The summed E-state index contributed by atoms with van der Waals surface area (Å²) in [7, 11) is 0. The van der Waals surface area contributed by atoms with Gasteiger partial charge in [0.15, 0.2) is 11.7 Å². The third-order valence-corrected chi connectivity index (χ3v) is 4.54. The Kier molecular flexibility index (Phi) is 7.21. The normalized spacial score (nSPS) is 12.4. The number of anilines is 1. The van der Waals surface area contributed by atoms with Crippen molar-refractivity contribution in [3.63, 3.8) is 0 Å². The number of nitrogens with one attached hydrogen (secondary N) is 4. The van der Waals surface area contributed by atoms with Crippen molar-refractivity contribution in [1.29, 1.82) is 0 Å². The van der Waals surface area contributed by atoms with Crippen molar-refractivity contribution in [1.82, 2.24) is 16.2 Å². The van der Waals surface area contributed by atoms with Gasteiger partial charge in [-0.2, -0.15) is 0 Å². The van der Waals surface area contributed by atoms with Crippen LogP contribution in [0.3, 0.4) is 0 Å². The van der Waals surface area contributed by atoms with E-state index < -0.39 is 11.8 Å². The van der Waals surface area contributed by atoms with Crippen LogP contribution >= 0.6 is 23.8 Å². The topological polar surface area (TPSA) is 109 Å². The molecule has 0 unspecified atom stereocenters. The Balaban J connectivity index is 1.38. The third kappa shape index (κ3) is 6.71. The highest BCUT2D eigenvalue weighted by Crippen LogP contribution is 2.30. The number of amides is 3. The monoisotopic (exact) mass is 446 g/mol. The lowest BCUT2D eigenvalue weighted by atomic mass is 10.2. The highest BCUT2D eigenvalue weighted by atomic mass is 35.5. The number of carbonyl (C=O) groups is 3. The first-order chi connectivity index (χ1) is 14.4. The van der Waals surface area contributed by atoms with E-state index in [2.05, 4.69) is 21.5 Å². The first-order valence-corrected chi connectivity index (χ1v) is 9.89. The Bertz CT molecular complexity index is 946. The number of ether oxygens (including phenoxy) is 1. The average molecular weight is 447 g/mol. The maximum Gasteiger partial charge on any atom is 0.269 e. The minimum absolute atomic E-state index is 0.00463. The fourth-order valence-electron chi connectivity index (χ4n) is 2.35. The van der Waals surface area contributed by atoms with E-state index in [-0.39, 0.29) is 23.5 Å². The molecule has 0 atom stereocenters. The van der Waals surface area contributed by atoms with Crippen LogP contribution in [0.4, 0.5) is 5.69 Å². The van der Waals surface area contributed by atoms with E-state index in [9.17, 15) is 14.4 Å². The van der Waals surface area contributed by atoms with Crippen LogP contribution in [-0.4, -0.2) is 29.4 Å². The number of carbonyl (C=O) groups excluding carboxylic acids is 3. The molecule has 10 heteroatoms. The lowest BCUT2D eigenvalue weighted by Gasteiger charge is -2.12. The molecule has 3 amide bonds. The van der Waals surface area contributed by atoms with Gasteiger partial charge in [-0.25, -0.2) is 0 Å². The lowest BCUT2D eigenvalue weighted by Crippen LogP contribution is -2.49. The molecule has 0 aliphatic heterocycles. The van der Waals surface area contributed by atoms with E-state index in [1.807, 2.05) is 0 Å². The van der Waals surface area contributed by atoms with Gasteiger partial charge in [-0.3, -0.25) is 30.6 Å². The molecule has 2 aromatic rings. The fourth-order valence-corrected chi connectivity index (χ4v) is 2.64. The van der Waals surface area contributed by atoms with Gasteiger partial charge in [0.25, 0.3) is 11.8 Å². The Morgan fingerprint density at radius 1 is 1.00 bits per heavy atom. The predicted molar refractivity (Wildman–Crippen MR) is 116 cm³/mol. The van der Waals surface area contributed by atoms with Crippen molar-refractivity contribution >= 4 is 52.3 Å². The second-order valence-electron chi connectivity index (χ2n) is 6.54. The molecular weight excluding hydrogens is 428 g/mol. The predicted octanol–water partition coefficient (Wildman–Crippen LogP) is 2.40. The molecule has 1 saturated carbocycles. The summed E-state index contributed by atoms with van der Waals surface area (Å²) in [6.07, 6.45) is 1.84. The van der Waals surface area contributed by atoms with Crippen molar-refractivity contribution in [2.45, 2.75) is 12.8 Å². The number of hydrogen-bond acceptors (Lipinski definition) is 5. The summed E-state index contributed by atoms with van der Waals surface area (Å²) in [5.41, 5.74) is 5.81. The lowest BCUT2D eigenvalue weighted by molar-refractivity contribution is -0.121. The molecule has 1 aliphatic carbocycles. The molecule has 8 nitrogen and oxygen atoms in total. The summed E-state index contributed by atoms with van der Waals surface area (Å²) in [5.74, 6) is -0.366. The van der Waals surface area contributed by atoms with Gasteiger partial charge in [0.1, 0.15) is 5.75 Å². The van der Waals surface area contributed by atoms with Crippen molar-refractivity contribution < 1.29 is 19.1 Å². The molecule has 30 heavy (non-hydrogen) atoms. The molecule has 0 saturated heterocycles. The Hall–Kier alpha value is -3.17. The first-order valence-electron chi connectivity index (χ1n) is 9.10. The molecule has 1 fully saturated rings. The van der Waals surface area contributed by atoms with Crippen LogP contribution in [0.1, 0.15) is 23.2 Å². The highest BCUT2D eigenvalue weighted by molar-refractivity contribution is 7.80. The quantitative estimate of drug-likeness (QED) is 0.401. The maximum atomic E-state index is 12.2. The molecule has 0 bridgehead atoms. The van der Waals surface area contributed by atoms with Crippen molar-refractivity contribution in [2.24, 2.45) is 5.92 Å². The molecule has 4 N–H and O–H groups in total. The van der Waals surface area contributed by atoms with Crippen LogP contribution in [-0.2, 0) is 9.59 Å². The number of hydrogen-bond donors (Lipinski definition) is 4. The molecular formula is C20H19ClN4O4S. The number of hydrazine groups is 1. The number of thiocarbonyl (C=S) groups is 1. The first kappa shape index (κ1) is 21.5. The van der Waals surface area contributed by atoms with Crippen molar-refractivity contribution in [2.75, 3.05) is 11.9 Å². The van der Waals surface area contributed by atoms with E-state index in [4.69, 9.17) is 28.6 Å². The van der Waals surface area contributed by atoms with Crippen LogP contribution in [0.15, 0.2) is 48.5 Å². The van der Waals surface area contributed by atoms with Gasteiger partial charge < -0.3 is 10.1 Å². The second-order valence-corrected chi connectivity index (χ2v) is 7.38. The molecule has 2 aromatic carbocycles. The molecule has 0 aromatic heterocycles. The second kappa shape index (κ2) is 10.0. The average Bonchev–Trinajstić information content (AvgIpc) is 3.58.